The molecule has 128 valence electrons. The standard InChI is InChI=1S/C18H29N3O2/c1-15(12-20(2)13-16-6-4-3-5-7-16)19-18(23)21-10-8-17(14-22)9-11-21/h3-7,15,17,22H,8-14H2,1-2H3,(H,19,23). The van der Waals surface area contributed by atoms with E-state index in [0.29, 0.717) is 5.92 Å². The molecular formula is C18H29N3O2. The molecule has 5 heteroatoms. The number of nitrogens with zero attached hydrogens (tertiary/aromatic N) is 2. The Balaban J connectivity index is 1.71. The van der Waals surface area contributed by atoms with Crippen LogP contribution in [0.15, 0.2) is 30.3 Å². The third-order valence-corrected chi connectivity index (χ3v) is 4.41. The van der Waals surface area contributed by atoms with Gasteiger partial charge in [0.15, 0.2) is 0 Å². The van der Waals surface area contributed by atoms with E-state index in [4.69, 9.17) is 5.11 Å². The number of likely N-dealkylation sites (N-methyl/N-ethyl adjacent to an activating group) is 1. The average Bonchev–Trinajstić information content (AvgIpc) is 2.55. The van der Waals surface area contributed by atoms with Gasteiger partial charge in [0.05, 0.1) is 0 Å². The van der Waals surface area contributed by atoms with Gasteiger partial charge in [-0.05, 0) is 38.3 Å². The van der Waals surface area contributed by atoms with Crippen LogP contribution in [0, 0.1) is 5.92 Å². The predicted octanol–water partition coefficient (Wildman–Crippen LogP) is 1.92. The number of benzene rings is 1. The Morgan fingerprint density at radius 3 is 2.61 bits per heavy atom. The number of aliphatic hydroxyl groups is 1. The lowest BCUT2D eigenvalue weighted by molar-refractivity contribution is 0.134. The van der Waals surface area contributed by atoms with Crippen LogP contribution >= 0.6 is 0 Å². The van der Waals surface area contributed by atoms with Gasteiger partial charge in [0.2, 0.25) is 0 Å². The Hall–Kier alpha value is -1.59. The molecule has 5 nitrogen and oxygen atoms in total. The van der Waals surface area contributed by atoms with Crippen LogP contribution in [0.2, 0.25) is 0 Å². The molecule has 1 aromatic carbocycles. The zero-order valence-electron chi connectivity index (χ0n) is 14.2. The molecule has 1 heterocycles. The molecule has 1 aliphatic heterocycles. The summed E-state index contributed by atoms with van der Waals surface area (Å²) >= 11 is 0. The number of piperidine rings is 1. The molecule has 2 N–H and O–H groups in total. The van der Waals surface area contributed by atoms with Crippen molar-refractivity contribution in [2.75, 3.05) is 33.3 Å². The molecule has 0 aliphatic carbocycles. The quantitative estimate of drug-likeness (QED) is 0.842. The molecule has 1 aliphatic rings. The second-order valence-corrected chi connectivity index (χ2v) is 6.65. The number of urea groups is 1. The predicted molar refractivity (Wildman–Crippen MR) is 92.2 cm³/mol. The van der Waals surface area contributed by atoms with Crippen molar-refractivity contribution in [2.24, 2.45) is 5.92 Å². The maximum Gasteiger partial charge on any atom is 0.317 e. The first-order chi connectivity index (χ1) is 11.1. The summed E-state index contributed by atoms with van der Waals surface area (Å²) < 4.78 is 0. The fourth-order valence-electron chi connectivity index (χ4n) is 3.09. The number of likely N-dealkylation sites (tertiary alicyclic amines) is 1. The van der Waals surface area contributed by atoms with Crippen molar-refractivity contribution in [3.05, 3.63) is 35.9 Å². The minimum Gasteiger partial charge on any atom is -0.396 e. The summed E-state index contributed by atoms with van der Waals surface area (Å²) in [6.45, 7) is 5.44. The summed E-state index contributed by atoms with van der Waals surface area (Å²) in [6.07, 6.45) is 1.79. The maximum absolute atomic E-state index is 12.3. The van der Waals surface area contributed by atoms with E-state index in [1.807, 2.05) is 30.0 Å². The highest BCUT2D eigenvalue weighted by Crippen LogP contribution is 2.16. The fraction of sp³-hybridized carbons (Fsp3) is 0.611. The normalized spacial score (nSPS) is 17.3. The van der Waals surface area contributed by atoms with Crippen LogP contribution < -0.4 is 5.32 Å². The largest absolute Gasteiger partial charge is 0.396 e. The monoisotopic (exact) mass is 319 g/mol. The number of hydrogen-bond acceptors (Lipinski definition) is 3. The molecule has 0 spiro atoms. The lowest BCUT2D eigenvalue weighted by atomic mass is 9.98. The average molecular weight is 319 g/mol. The van der Waals surface area contributed by atoms with Gasteiger partial charge in [0.1, 0.15) is 0 Å². The lowest BCUT2D eigenvalue weighted by Crippen LogP contribution is -2.49. The van der Waals surface area contributed by atoms with E-state index in [0.717, 1.165) is 39.0 Å². The fourth-order valence-corrected chi connectivity index (χ4v) is 3.09. The van der Waals surface area contributed by atoms with Crippen molar-refractivity contribution in [3.8, 4) is 0 Å². The molecule has 1 fully saturated rings. The molecule has 1 aromatic rings. The van der Waals surface area contributed by atoms with Crippen LogP contribution in [-0.2, 0) is 6.54 Å². The van der Waals surface area contributed by atoms with E-state index in [2.05, 4.69) is 29.4 Å². The highest BCUT2D eigenvalue weighted by molar-refractivity contribution is 5.74. The molecule has 0 bridgehead atoms. The number of nitrogens with one attached hydrogen (secondary N) is 1. The highest BCUT2D eigenvalue weighted by atomic mass is 16.3. The third-order valence-electron chi connectivity index (χ3n) is 4.41. The summed E-state index contributed by atoms with van der Waals surface area (Å²) in [7, 11) is 2.07. The Morgan fingerprint density at radius 1 is 1.35 bits per heavy atom. The van der Waals surface area contributed by atoms with Crippen molar-refractivity contribution < 1.29 is 9.90 Å². The smallest absolute Gasteiger partial charge is 0.317 e. The molecule has 1 unspecified atom stereocenters. The van der Waals surface area contributed by atoms with Crippen molar-refractivity contribution in [1.82, 2.24) is 15.1 Å². The molecule has 0 aromatic heterocycles. The van der Waals surface area contributed by atoms with Gasteiger partial charge in [-0.15, -0.1) is 0 Å². The molecular weight excluding hydrogens is 290 g/mol. The molecule has 1 saturated heterocycles. The van der Waals surface area contributed by atoms with Gasteiger partial charge >= 0.3 is 6.03 Å². The number of hydrogen-bond donors (Lipinski definition) is 2. The van der Waals surface area contributed by atoms with Gasteiger partial charge in [-0.2, -0.15) is 0 Å². The van der Waals surface area contributed by atoms with Crippen LogP contribution in [0.25, 0.3) is 0 Å². The topological polar surface area (TPSA) is 55.8 Å². The first-order valence-corrected chi connectivity index (χ1v) is 8.47. The van der Waals surface area contributed by atoms with Crippen molar-refractivity contribution in [2.45, 2.75) is 32.4 Å². The number of carbonyl (C=O) groups is 1. The SMILES string of the molecule is CC(CN(C)Cc1ccccc1)NC(=O)N1CCC(CO)CC1. The van der Waals surface area contributed by atoms with Crippen molar-refractivity contribution in [3.63, 3.8) is 0 Å². The van der Waals surface area contributed by atoms with E-state index in [1.165, 1.54) is 5.56 Å². The molecule has 2 amide bonds. The van der Waals surface area contributed by atoms with Crippen LogP contribution in [0.3, 0.4) is 0 Å². The third kappa shape index (κ3) is 5.84. The Bertz CT molecular complexity index is 472. The zero-order valence-corrected chi connectivity index (χ0v) is 14.2. The summed E-state index contributed by atoms with van der Waals surface area (Å²) in [4.78, 5) is 16.4. The van der Waals surface area contributed by atoms with Gasteiger partial charge < -0.3 is 20.2 Å². The van der Waals surface area contributed by atoms with Gasteiger partial charge in [-0.1, -0.05) is 30.3 Å². The van der Waals surface area contributed by atoms with Gasteiger partial charge in [0, 0.05) is 38.8 Å². The Morgan fingerprint density at radius 2 is 2.00 bits per heavy atom. The summed E-state index contributed by atoms with van der Waals surface area (Å²) in [5.41, 5.74) is 1.28. The number of aliphatic hydroxyl groups excluding tert-OH is 1. The molecule has 23 heavy (non-hydrogen) atoms. The summed E-state index contributed by atoms with van der Waals surface area (Å²) in [5, 5.41) is 12.2. The van der Waals surface area contributed by atoms with E-state index in [-0.39, 0.29) is 18.7 Å². The second kappa shape index (κ2) is 8.89. The number of carbonyl (C=O) groups excluding carboxylic acids is 1. The Kier molecular flexibility index (Phi) is 6.86. The van der Waals surface area contributed by atoms with E-state index >= 15 is 0 Å². The molecule has 0 radical (unpaired) electrons. The summed E-state index contributed by atoms with van der Waals surface area (Å²) in [6, 6.07) is 10.5. The maximum atomic E-state index is 12.3. The van der Waals surface area contributed by atoms with E-state index in [9.17, 15) is 4.79 Å². The van der Waals surface area contributed by atoms with Gasteiger partial charge in [-0.3, -0.25) is 0 Å². The second-order valence-electron chi connectivity index (χ2n) is 6.65. The zero-order chi connectivity index (χ0) is 16.7. The molecule has 1 atom stereocenters. The molecule has 2 rings (SSSR count). The molecule has 0 saturated carbocycles. The van der Waals surface area contributed by atoms with E-state index in [1.54, 1.807) is 0 Å². The minimum absolute atomic E-state index is 0.0157. The van der Waals surface area contributed by atoms with Crippen LogP contribution in [-0.4, -0.2) is 60.3 Å². The van der Waals surface area contributed by atoms with E-state index < -0.39 is 0 Å². The van der Waals surface area contributed by atoms with Crippen LogP contribution in [0.1, 0.15) is 25.3 Å². The number of amides is 2. The van der Waals surface area contributed by atoms with Crippen molar-refractivity contribution >= 4 is 6.03 Å². The minimum atomic E-state index is 0.0157. The highest BCUT2D eigenvalue weighted by Gasteiger charge is 2.23. The summed E-state index contributed by atoms with van der Waals surface area (Å²) in [5.74, 6) is 0.355. The lowest BCUT2D eigenvalue weighted by Gasteiger charge is -2.32. The van der Waals surface area contributed by atoms with Crippen LogP contribution in [0.5, 0.6) is 0 Å². The Labute approximate surface area is 139 Å². The first-order valence-electron chi connectivity index (χ1n) is 8.47. The first kappa shape index (κ1) is 17.8. The van der Waals surface area contributed by atoms with Crippen molar-refractivity contribution in [1.29, 1.82) is 0 Å². The van der Waals surface area contributed by atoms with Gasteiger partial charge in [-0.25, -0.2) is 4.79 Å². The van der Waals surface area contributed by atoms with Crippen LogP contribution in [0.4, 0.5) is 4.79 Å². The number of rotatable bonds is 6. The van der Waals surface area contributed by atoms with Gasteiger partial charge in [0.25, 0.3) is 0 Å².